The molecule has 0 aromatic heterocycles. The van der Waals surface area contributed by atoms with Gasteiger partial charge in [-0.25, -0.2) is 0 Å². The molecular formula is C23H26ClNO2. The smallest absolute Gasteiger partial charge is 0.139 e. The normalized spacial score (nSPS) is 26.5. The quantitative estimate of drug-likeness (QED) is 0.744. The number of halogens is 1. The molecule has 1 aliphatic heterocycles. The fourth-order valence-corrected chi connectivity index (χ4v) is 4.89. The Balaban J connectivity index is 1.92. The van der Waals surface area contributed by atoms with Gasteiger partial charge in [0.1, 0.15) is 11.2 Å². The van der Waals surface area contributed by atoms with Crippen molar-refractivity contribution in [3.05, 3.63) is 70.8 Å². The van der Waals surface area contributed by atoms with Gasteiger partial charge in [-0.05, 0) is 42.0 Å². The lowest BCUT2D eigenvalue weighted by Crippen LogP contribution is -2.67. The van der Waals surface area contributed by atoms with E-state index in [4.69, 9.17) is 16.3 Å². The van der Waals surface area contributed by atoms with Crippen LogP contribution in [0.25, 0.3) is 11.1 Å². The lowest BCUT2D eigenvalue weighted by atomic mass is 9.56. The van der Waals surface area contributed by atoms with Crippen LogP contribution in [0.5, 0.6) is 0 Å². The van der Waals surface area contributed by atoms with Crippen molar-refractivity contribution in [2.24, 2.45) is 0 Å². The van der Waals surface area contributed by atoms with Crippen molar-refractivity contribution in [3.63, 3.8) is 0 Å². The Morgan fingerprint density at radius 2 is 2.19 bits per heavy atom. The molecule has 0 radical (unpaired) electrons. The molecular weight excluding hydrogens is 358 g/mol. The van der Waals surface area contributed by atoms with E-state index in [2.05, 4.69) is 43.1 Å². The van der Waals surface area contributed by atoms with Crippen molar-refractivity contribution in [3.8, 4) is 11.1 Å². The van der Waals surface area contributed by atoms with Crippen molar-refractivity contribution >= 4 is 11.6 Å². The summed E-state index contributed by atoms with van der Waals surface area (Å²) in [7, 11) is 0. The maximum Gasteiger partial charge on any atom is 0.139 e. The Morgan fingerprint density at radius 1 is 1.33 bits per heavy atom. The number of allylic oxidation sites excluding steroid dienone is 1. The monoisotopic (exact) mass is 383 g/mol. The van der Waals surface area contributed by atoms with E-state index in [0.29, 0.717) is 31.0 Å². The van der Waals surface area contributed by atoms with E-state index >= 15 is 0 Å². The first kappa shape index (κ1) is 18.7. The Labute approximate surface area is 166 Å². The van der Waals surface area contributed by atoms with Gasteiger partial charge in [0, 0.05) is 29.2 Å². The number of hydrogen-bond acceptors (Lipinski definition) is 3. The van der Waals surface area contributed by atoms with E-state index in [9.17, 15) is 5.11 Å². The summed E-state index contributed by atoms with van der Waals surface area (Å²) in [4.78, 5) is 0. The summed E-state index contributed by atoms with van der Waals surface area (Å²) < 4.78 is 6.23. The Hall–Kier alpha value is -1.65. The highest BCUT2D eigenvalue weighted by Gasteiger charge is 2.65. The number of hydrogen-bond donors (Lipinski definition) is 2. The topological polar surface area (TPSA) is 41.5 Å². The molecule has 0 saturated carbocycles. The lowest BCUT2D eigenvalue weighted by molar-refractivity contribution is -0.236. The van der Waals surface area contributed by atoms with E-state index in [1.807, 2.05) is 18.2 Å². The van der Waals surface area contributed by atoms with Gasteiger partial charge in [-0.1, -0.05) is 54.9 Å². The Kier molecular flexibility index (Phi) is 4.89. The van der Waals surface area contributed by atoms with Gasteiger partial charge >= 0.3 is 0 Å². The minimum absolute atomic E-state index is 0.561. The van der Waals surface area contributed by atoms with Gasteiger partial charge in [-0.15, -0.1) is 6.58 Å². The molecule has 1 spiro atoms. The first-order valence-corrected chi connectivity index (χ1v) is 10.1. The standard InChI is InChI=1S/C23H26ClNO2/c1-3-5-11-22(26)21-18(23(22)15-25-12-13-27-23)9-10-19(24)20(21)17-8-6-7-16(4-2)14-17/h3,6-10,14,25-26H,1,4-5,11-13,15H2,2H3/t22-,23+/m1/s1. The largest absolute Gasteiger partial charge is 0.382 e. The van der Waals surface area contributed by atoms with Crippen LogP contribution < -0.4 is 5.32 Å². The third-order valence-corrected chi connectivity index (χ3v) is 6.32. The van der Waals surface area contributed by atoms with Crippen LogP contribution in [0.1, 0.15) is 36.5 Å². The molecule has 142 valence electrons. The number of ether oxygens (including phenoxy) is 1. The molecule has 1 heterocycles. The van der Waals surface area contributed by atoms with Crippen molar-refractivity contribution in [1.82, 2.24) is 5.32 Å². The number of nitrogens with one attached hydrogen (secondary N) is 1. The van der Waals surface area contributed by atoms with Gasteiger partial charge in [-0.3, -0.25) is 0 Å². The molecule has 1 fully saturated rings. The number of fused-ring (bicyclic) bond motifs is 2. The molecule has 3 nitrogen and oxygen atoms in total. The van der Waals surface area contributed by atoms with Gasteiger partial charge in [0.15, 0.2) is 0 Å². The highest BCUT2D eigenvalue weighted by molar-refractivity contribution is 6.33. The molecule has 2 aliphatic rings. The van der Waals surface area contributed by atoms with Crippen LogP contribution in [0.3, 0.4) is 0 Å². The highest BCUT2D eigenvalue weighted by Crippen LogP contribution is 2.61. The summed E-state index contributed by atoms with van der Waals surface area (Å²) in [5, 5.41) is 16.0. The molecule has 4 heteroatoms. The fraction of sp³-hybridized carbons (Fsp3) is 0.391. The predicted molar refractivity (Wildman–Crippen MR) is 110 cm³/mol. The second-order valence-electron chi connectivity index (χ2n) is 7.44. The average molecular weight is 384 g/mol. The Bertz CT molecular complexity index is 873. The second-order valence-corrected chi connectivity index (χ2v) is 7.85. The average Bonchev–Trinajstić information content (AvgIpc) is 2.72. The molecule has 2 aromatic carbocycles. The summed E-state index contributed by atoms with van der Waals surface area (Å²) in [6.45, 7) is 7.96. The van der Waals surface area contributed by atoms with Crippen LogP contribution in [-0.2, 0) is 22.4 Å². The number of morpholine rings is 1. The van der Waals surface area contributed by atoms with Gasteiger partial charge in [0.2, 0.25) is 0 Å². The van der Waals surface area contributed by atoms with Crippen molar-refractivity contribution in [1.29, 1.82) is 0 Å². The first-order valence-electron chi connectivity index (χ1n) is 9.68. The van der Waals surface area contributed by atoms with Gasteiger partial charge in [0.05, 0.1) is 6.61 Å². The maximum absolute atomic E-state index is 11.9. The van der Waals surface area contributed by atoms with E-state index in [1.54, 1.807) is 0 Å². The maximum atomic E-state index is 11.9. The number of aryl methyl sites for hydroxylation is 1. The van der Waals surface area contributed by atoms with Crippen LogP contribution in [0.15, 0.2) is 49.1 Å². The third kappa shape index (κ3) is 2.68. The zero-order valence-electron chi connectivity index (χ0n) is 15.7. The first-order chi connectivity index (χ1) is 13.1. The Morgan fingerprint density at radius 3 is 2.89 bits per heavy atom. The van der Waals surface area contributed by atoms with Gasteiger partial charge in [-0.2, -0.15) is 0 Å². The van der Waals surface area contributed by atoms with E-state index in [0.717, 1.165) is 35.2 Å². The van der Waals surface area contributed by atoms with Crippen molar-refractivity contribution < 1.29 is 9.84 Å². The van der Waals surface area contributed by atoms with E-state index in [1.165, 1.54) is 5.56 Å². The molecule has 2 atom stereocenters. The highest BCUT2D eigenvalue weighted by atomic mass is 35.5. The molecule has 0 amide bonds. The zero-order chi connectivity index (χ0) is 19.1. The SMILES string of the molecule is C=CCC[C@@]1(O)c2c(ccc(Cl)c2-c2cccc(CC)c2)[C@@]12CNCCO2. The van der Waals surface area contributed by atoms with Gasteiger partial charge < -0.3 is 15.2 Å². The molecule has 2 N–H and O–H groups in total. The zero-order valence-corrected chi connectivity index (χ0v) is 16.5. The predicted octanol–water partition coefficient (Wildman–Crippen LogP) is 4.55. The van der Waals surface area contributed by atoms with Crippen LogP contribution in [0.4, 0.5) is 0 Å². The molecule has 0 unspecified atom stereocenters. The molecule has 0 bridgehead atoms. The summed E-state index contributed by atoms with van der Waals surface area (Å²) in [6, 6.07) is 12.4. The van der Waals surface area contributed by atoms with Crippen LogP contribution in [0.2, 0.25) is 5.02 Å². The van der Waals surface area contributed by atoms with Gasteiger partial charge in [0.25, 0.3) is 0 Å². The minimum atomic E-state index is -1.09. The summed E-state index contributed by atoms with van der Waals surface area (Å²) in [5.74, 6) is 0. The summed E-state index contributed by atoms with van der Waals surface area (Å²) in [5.41, 5.74) is 3.37. The van der Waals surface area contributed by atoms with Crippen LogP contribution in [-0.4, -0.2) is 24.8 Å². The summed E-state index contributed by atoms with van der Waals surface area (Å²) >= 11 is 6.67. The summed E-state index contributed by atoms with van der Waals surface area (Å²) in [6.07, 6.45) is 4.08. The molecule has 2 aromatic rings. The van der Waals surface area contributed by atoms with Crippen molar-refractivity contribution in [2.75, 3.05) is 19.7 Å². The van der Waals surface area contributed by atoms with E-state index < -0.39 is 11.2 Å². The minimum Gasteiger partial charge on any atom is -0.382 e. The third-order valence-electron chi connectivity index (χ3n) is 6.01. The molecule has 1 saturated heterocycles. The van der Waals surface area contributed by atoms with E-state index in [-0.39, 0.29) is 0 Å². The second kappa shape index (κ2) is 7.06. The number of rotatable bonds is 5. The molecule has 4 rings (SSSR count). The molecule has 27 heavy (non-hydrogen) atoms. The molecule has 1 aliphatic carbocycles. The number of aliphatic hydroxyl groups is 1. The van der Waals surface area contributed by atoms with Crippen molar-refractivity contribution in [2.45, 2.75) is 37.4 Å². The number of benzene rings is 2. The van der Waals surface area contributed by atoms with Crippen LogP contribution in [0, 0.1) is 0 Å². The fourth-order valence-electron chi connectivity index (χ4n) is 4.62. The van der Waals surface area contributed by atoms with Crippen LogP contribution >= 0.6 is 11.6 Å². The lowest BCUT2D eigenvalue weighted by Gasteiger charge is -2.59.